The van der Waals surface area contributed by atoms with Gasteiger partial charge in [0.2, 0.25) is 0 Å². The van der Waals surface area contributed by atoms with Crippen LogP contribution < -0.4 is 0 Å². The number of aliphatic hydroxyl groups is 1. The highest BCUT2D eigenvalue weighted by atomic mass is 16.7. The van der Waals surface area contributed by atoms with Crippen LogP contribution >= 0.6 is 0 Å². The molecule has 0 bridgehead atoms. The van der Waals surface area contributed by atoms with Gasteiger partial charge < -0.3 is 19.3 Å². The van der Waals surface area contributed by atoms with Crippen molar-refractivity contribution in [1.82, 2.24) is 0 Å². The molecule has 35 heavy (non-hydrogen) atoms. The lowest BCUT2D eigenvalue weighted by atomic mass is 9.38. The summed E-state index contributed by atoms with van der Waals surface area (Å²) < 4.78 is 19.0. The minimum absolute atomic E-state index is 0.0104. The highest BCUT2D eigenvalue weighted by Crippen LogP contribution is 2.82. The van der Waals surface area contributed by atoms with Crippen molar-refractivity contribution < 1.29 is 24.1 Å². The lowest BCUT2D eigenvalue weighted by Gasteiger charge is -2.65. The van der Waals surface area contributed by atoms with E-state index in [0.29, 0.717) is 23.5 Å². The molecule has 7 aliphatic rings. The molecule has 3 saturated heterocycles. The van der Waals surface area contributed by atoms with Crippen molar-refractivity contribution in [3.05, 3.63) is 0 Å². The quantitative estimate of drug-likeness (QED) is 0.538. The second-order valence-corrected chi connectivity index (χ2v) is 15.4. The van der Waals surface area contributed by atoms with Crippen molar-refractivity contribution in [2.45, 2.75) is 136 Å². The fraction of sp³-hybridized carbons (Fsp3) is 0.967. The van der Waals surface area contributed by atoms with Gasteiger partial charge >= 0.3 is 0 Å². The number of rotatable bonds is 2. The first-order chi connectivity index (χ1) is 16.2. The highest BCUT2D eigenvalue weighted by Gasteiger charge is 2.84. The predicted molar refractivity (Wildman–Crippen MR) is 131 cm³/mol. The topological polar surface area (TPSA) is 71.6 Å². The van der Waals surface area contributed by atoms with E-state index in [1.54, 1.807) is 0 Å². The third-order valence-electron chi connectivity index (χ3n) is 13.7. The van der Waals surface area contributed by atoms with Crippen LogP contribution in [0, 0.1) is 45.3 Å². The van der Waals surface area contributed by atoms with Crippen molar-refractivity contribution in [2.24, 2.45) is 45.3 Å². The van der Waals surface area contributed by atoms with E-state index in [9.17, 15) is 9.90 Å². The van der Waals surface area contributed by atoms with Crippen molar-refractivity contribution in [3.63, 3.8) is 0 Å². The standard InChI is InChI=1S/C30H46O5/c1-25(2)20-15-22-30(34-22)19(27(20,5)11-10-21(25)31)9-12-28(6)17(8-13-29(28,30)7)16-14-18(33-24(16)32)23-26(3,4)35-23/h16-20,22-24,32H,8-15H2,1-7H3/t16-,17-,18+,19+,20-,22+,23-,24?,27+,28-,29-,30-/m0/s1. The Bertz CT molecular complexity index is 974. The van der Waals surface area contributed by atoms with Crippen molar-refractivity contribution in [3.8, 4) is 0 Å². The van der Waals surface area contributed by atoms with Gasteiger partial charge in [-0.2, -0.15) is 0 Å². The minimum Gasteiger partial charge on any atom is -0.368 e. The van der Waals surface area contributed by atoms with Crippen LogP contribution in [0.5, 0.6) is 0 Å². The van der Waals surface area contributed by atoms with E-state index in [1.807, 2.05) is 0 Å². The number of aliphatic hydroxyl groups excluding tert-OH is 1. The van der Waals surface area contributed by atoms with E-state index >= 15 is 0 Å². The number of ketones is 1. The summed E-state index contributed by atoms with van der Waals surface area (Å²) in [7, 11) is 0. The normalized spacial score (nSPS) is 61.4. The molecule has 1 spiro atoms. The largest absolute Gasteiger partial charge is 0.368 e. The molecule has 0 radical (unpaired) electrons. The third-order valence-corrected chi connectivity index (χ3v) is 13.7. The summed E-state index contributed by atoms with van der Waals surface area (Å²) in [6, 6.07) is 0. The van der Waals surface area contributed by atoms with Crippen LogP contribution in [0.25, 0.3) is 0 Å². The lowest BCUT2D eigenvalue weighted by Crippen LogP contribution is -2.66. The number of carbonyl (C=O) groups is 1. The van der Waals surface area contributed by atoms with Gasteiger partial charge in [-0.25, -0.2) is 0 Å². The molecule has 12 atom stereocenters. The van der Waals surface area contributed by atoms with E-state index < -0.39 is 6.29 Å². The molecule has 7 rings (SSSR count). The summed E-state index contributed by atoms with van der Waals surface area (Å²) in [5, 5.41) is 11.1. The average molecular weight is 487 g/mol. The molecule has 4 aliphatic carbocycles. The number of fused-ring (bicyclic) bond motifs is 3. The number of hydrogen-bond donors (Lipinski definition) is 1. The van der Waals surface area contributed by atoms with Crippen LogP contribution in [-0.2, 0) is 19.0 Å². The summed E-state index contributed by atoms with van der Waals surface area (Å²) in [5.74, 6) is 2.02. The van der Waals surface area contributed by atoms with E-state index in [4.69, 9.17) is 14.2 Å². The molecule has 5 heteroatoms. The number of Topliss-reactive ketones (excluding diaryl/α,β-unsaturated/α-hetero) is 1. The minimum atomic E-state index is -0.686. The average Bonchev–Trinajstić information content (AvgIpc) is 3.57. The van der Waals surface area contributed by atoms with Crippen molar-refractivity contribution in [2.75, 3.05) is 0 Å². The molecule has 0 aromatic carbocycles. The van der Waals surface area contributed by atoms with Gasteiger partial charge in [-0.3, -0.25) is 4.79 Å². The van der Waals surface area contributed by atoms with Gasteiger partial charge in [0.25, 0.3) is 0 Å². The molecular weight excluding hydrogens is 440 g/mol. The van der Waals surface area contributed by atoms with Gasteiger partial charge in [0.1, 0.15) is 17.5 Å². The molecule has 1 unspecified atom stereocenters. The molecule has 0 amide bonds. The Balaban J connectivity index is 1.20. The summed E-state index contributed by atoms with van der Waals surface area (Å²) in [4.78, 5) is 12.9. The Morgan fingerprint density at radius 3 is 2.29 bits per heavy atom. The van der Waals surface area contributed by atoms with Crippen molar-refractivity contribution >= 4 is 5.78 Å². The third kappa shape index (κ3) is 2.58. The van der Waals surface area contributed by atoms with Crippen LogP contribution in [0.4, 0.5) is 0 Å². The second-order valence-electron chi connectivity index (χ2n) is 15.4. The van der Waals surface area contributed by atoms with E-state index in [2.05, 4.69) is 48.5 Å². The van der Waals surface area contributed by atoms with Crippen LogP contribution in [0.1, 0.15) is 99.8 Å². The fourth-order valence-corrected chi connectivity index (χ4v) is 11.5. The zero-order chi connectivity index (χ0) is 25.0. The van der Waals surface area contributed by atoms with Gasteiger partial charge in [0.15, 0.2) is 6.29 Å². The molecule has 1 N–H and O–H groups in total. The summed E-state index contributed by atoms with van der Waals surface area (Å²) >= 11 is 0. The number of ether oxygens (including phenoxy) is 3. The first-order valence-corrected chi connectivity index (χ1v) is 14.4. The number of hydrogen-bond acceptors (Lipinski definition) is 5. The second kappa shape index (κ2) is 6.55. The van der Waals surface area contributed by atoms with Crippen molar-refractivity contribution in [1.29, 1.82) is 0 Å². The maximum absolute atomic E-state index is 12.9. The van der Waals surface area contributed by atoms with Crippen LogP contribution in [0.2, 0.25) is 0 Å². The summed E-state index contributed by atoms with van der Waals surface area (Å²) in [6.07, 6.45) is 8.10. The maximum Gasteiger partial charge on any atom is 0.158 e. The van der Waals surface area contributed by atoms with Crippen LogP contribution in [-0.4, -0.2) is 46.7 Å². The smallest absolute Gasteiger partial charge is 0.158 e. The molecule has 0 aromatic heterocycles. The molecule has 5 nitrogen and oxygen atoms in total. The molecule has 0 aromatic rings. The SMILES string of the molecule is CC1(C)O[C@H]1[C@H]1C[C@@H]([C@@H]2CC[C@]3(C)[C@@]45O[C@@H]4C[C@H]4C(C)(C)C(=O)CC[C@]4(C)[C@H]5CC[C@@]23C)C(O)O1. The zero-order valence-electron chi connectivity index (χ0n) is 22.9. The van der Waals surface area contributed by atoms with Gasteiger partial charge in [-0.05, 0) is 87.4 Å². The maximum atomic E-state index is 12.9. The Morgan fingerprint density at radius 1 is 0.886 bits per heavy atom. The van der Waals surface area contributed by atoms with Gasteiger partial charge in [-0.15, -0.1) is 0 Å². The predicted octanol–water partition coefficient (Wildman–Crippen LogP) is 5.27. The van der Waals surface area contributed by atoms with Crippen LogP contribution in [0.3, 0.4) is 0 Å². The summed E-state index contributed by atoms with van der Waals surface area (Å²) in [6.45, 7) is 16.2. The van der Waals surface area contributed by atoms with Gasteiger partial charge in [-0.1, -0.05) is 34.6 Å². The number of epoxide rings is 2. The molecule has 196 valence electrons. The molecule has 3 heterocycles. The fourth-order valence-electron chi connectivity index (χ4n) is 11.5. The van der Waals surface area contributed by atoms with E-state index in [1.165, 1.54) is 19.3 Å². The number of carbonyl (C=O) groups excluding carboxylic acids is 1. The van der Waals surface area contributed by atoms with Gasteiger partial charge in [0.05, 0.1) is 17.8 Å². The molecule has 4 saturated carbocycles. The monoisotopic (exact) mass is 486 g/mol. The zero-order valence-corrected chi connectivity index (χ0v) is 22.9. The Labute approximate surface area is 211 Å². The summed E-state index contributed by atoms with van der Waals surface area (Å²) in [5.41, 5.74) is -0.0202. The van der Waals surface area contributed by atoms with E-state index in [0.717, 1.165) is 32.1 Å². The Kier molecular flexibility index (Phi) is 4.42. The van der Waals surface area contributed by atoms with E-state index in [-0.39, 0.29) is 57.1 Å². The van der Waals surface area contributed by atoms with Crippen LogP contribution in [0.15, 0.2) is 0 Å². The molecule has 3 aliphatic heterocycles. The first kappa shape index (κ1) is 23.6. The first-order valence-electron chi connectivity index (χ1n) is 14.4. The molecular formula is C30H46O5. The Hall–Kier alpha value is -0.490. The highest BCUT2D eigenvalue weighted by molar-refractivity contribution is 5.85. The lowest BCUT2D eigenvalue weighted by molar-refractivity contribution is -0.181. The van der Waals surface area contributed by atoms with Gasteiger partial charge in [0, 0.05) is 23.2 Å². The Morgan fingerprint density at radius 2 is 1.60 bits per heavy atom. The molecule has 7 fully saturated rings.